The molecule has 2 N–H and O–H groups in total. The van der Waals surface area contributed by atoms with Crippen LogP contribution in [0.1, 0.15) is 28.5 Å². The van der Waals surface area contributed by atoms with Gasteiger partial charge in [0.25, 0.3) is 0 Å². The van der Waals surface area contributed by atoms with Gasteiger partial charge in [-0.05, 0) is 43.3 Å². The highest BCUT2D eigenvalue weighted by molar-refractivity contribution is 7.10. The molecule has 0 fully saturated rings. The van der Waals surface area contributed by atoms with Crippen molar-refractivity contribution in [3.63, 3.8) is 0 Å². The number of hydrogen-bond donors (Lipinski definition) is 1. The molecule has 1 atom stereocenters. The molecular weight excluding hydrogens is 214 g/mol. The van der Waals surface area contributed by atoms with Crippen molar-refractivity contribution < 1.29 is 0 Å². The van der Waals surface area contributed by atoms with E-state index in [4.69, 9.17) is 5.73 Å². The molecule has 0 radical (unpaired) electrons. The zero-order valence-electron chi connectivity index (χ0n) is 9.95. The van der Waals surface area contributed by atoms with Gasteiger partial charge in [-0.15, -0.1) is 11.3 Å². The Labute approximate surface area is 101 Å². The van der Waals surface area contributed by atoms with E-state index in [1.54, 1.807) is 11.3 Å². The summed E-state index contributed by atoms with van der Waals surface area (Å²) in [5.74, 6) is 0. The summed E-state index contributed by atoms with van der Waals surface area (Å²) >= 11 is 1.75. The highest BCUT2D eigenvalue weighted by Crippen LogP contribution is 2.31. The molecule has 0 bridgehead atoms. The third-order valence-corrected chi connectivity index (χ3v) is 3.92. The molecule has 1 unspecified atom stereocenters. The predicted molar refractivity (Wildman–Crippen MR) is 70.9 cm³/mol. The van der Waals surface area contributed by atoms with E-state index in [1.807, 2.05) is 0 Å². The fourth-order valence-electron chi connectivity index (χ4n) is 1.98. The molecule has 0 aliphatic heterocycles. The van der Waals surface area contributed by atoms with Crippen LogP contribution in [-0.2, 0) is 5.54 Å². The fraction of sp³-hybridized carbons (Fsp3) is 0.286. The van der Waals surface area contributed by atoms with Crippen LogP contribution < -0.4 is 5.73 Å². The molecule has 1 heterocycles. The van der Waals surface area contributed by atoms with Gasteiger partial charge in [-0.3, -0.25) is 0 Å². The Balaban J connectivity index is 2.46. The quantitative estimate of drug-likeness (QED) is 0.840. The molecule has 0 amide bonds. The number of hydrogen-bond acceptors (Lipinski definition) is 2. The number of aryl methyl sites for hydroxylation is 2. The second-order valence-corrected chi connectivity index (χ2v) is 5.58. The van der Waals surface area contributed by atoms with Crippen LogP contribution in [-0.4, -0.2) is 0 Å². The third kappa shape index (κ3) is 1.91. The SMILES string of the molecule is Cc1ccc(C(C)(N)c2ccsc2C)cc1. The number of benzene rings is 1. The second kappa shape index (κ2) is 4.04. The van der Waals surface area contributed by atoms with Crippen LogP contribution in [0.2, 0.25) is 0 Å². The zero-order valence-corrected chi connectivity index (χ0v) is 10.8. The molecule has 1 nitrogen and oxygen atoms in total. The molecule has 16 heavy (non-hydrogen) atoms. The van der Waals surface area contributed by atoms with E-state index in [-0.39, 0.29) is 0 Å². The maximum absolute atomic E-state index is 6.46. The molecular formula is C14H17NS. The molecule has 2 aromatic rings. The number of thiophene rings is 1. The van der Waals surface area contributed by atoms with Crippen LogP contribution in [0.3, 0.4) is 0 Å². The maximum Gasteiger partial charge on any atom is 0.0647 e. The first kappa shape index (κ1) is 11.4. The third-order valence-electron chi connectivity index (χ3n) is 3.07. The molecule has 0 aliphatic rings. The van der Waals surface area contributed by atoms with Crippen molar-refractivity contribution in [2.75, 3.05) is 0 Å². The Morgan fingerprint density at radius 1 is 1.06 bits per heavy atom. The van der Waals surface area contributed by atoms with E-state index in [1.165, 1.54) is 21.6 Å². The lowest BCUT2D eigenvalue weighted by Crippen LogP contribution is -2.34. The topological polar surface area (TPSA) is 26.0 Å². The highest BCUT2D eigenvalue weighted by Gasteiger charge is 2.25. The van der Waals surface area contributed by atoms with E-state index in [0.29, 0.717) is 0 Å². The highest BCUT2D eigenvalue weighted by atomic mass is 32.1. The summed E-state index contributed by atoms with van der Waals surface area (Å²) < 4.78 is 0. The molecule has 0 aliphatic carbocycles. The minimum Gasteiger partial charge on any atom is -0.318 e. The predicted octanol–water partition coefficient (Wildman–Crippen LogP) is 3.59. The number of nitrogens with two attached hydrogens (primary N) is 1. The Hall–Kier alpha value is -1.12. The van der Waals surface area contributed by atoms with Crippen molar-refractivity contribution in [2.24, 2.45) is 5.73 Å². The molecule has 0 spiro atoms. The van der Waals surface area contributed by atoms with Crippen LogP contribution >= 0.6 is 11.3 Å². The normalized spacial score (nSPS) is 14.8. The first-order chi connectivity index (χ1) is 7.51. The van der Waals surface area contributed by atoms with Crippen molar-refractivity contribution in [1.82, 2.24) is 0 Å². The van der Waals surface area contributed by atoms with Crippen molar-refractivity contribution in [1.29, 1.82) is 0 Å². The monoisotopic (exact) mass is 231 g/mol. The van der Waals surface area contributed by atoms with E-state index < -0.39 is 5.54 Å². The first-order valence-corrected chi connectivity index (χ1v) is 6.30. The van der Waals surface area contributed by atoms with Crippen LogP contribution in [0.4, 0.5) is 0 Å². The molecule has 84 valence electrons. The lowest BCUT2D eigenvalue weighted by Gasteiger charge is -2.25. The number of rotatable bonds is 2. The second-order valence-electron chi connectivity index (χ2n) is 4.46. The van der Waals surface area contributed by atoms with Gasteiger partial charge in [-0.1, -0.05) is 29.8 Å². The molecule has 2 rings (SSSR count). The Bertz CT molecular complexity index is 480. The Kier molecular flexibility index (Phi) is 2.87. The van der Waals surface area contributed by atoms with Crippen LogP contribution in [0.15, 0.2) is 35.7 Å². The summed E-state index contributed by atoms with van der Waals surface area (Å²) in [6.07, 6.45) is 0. The average molecular weight is 231 g/mol. The van der Waals surface area contributed by atoms with Gasteiger partial charge in [0, 0.05) is 4.88 Å². The van der Waals surface area contributed by atoms with Gasteiger partial charge in [-0.25, -0.2) is 0 Å². The summed E-state index contributed by atoms with van der Waals surface area (Å²) in [4.78, 5) is 1.30. The molecule has 0 saturated carbocycles. The van der Waals surface area contributed by atoms with Gasteiger partial charge in [0.1, 0.15) is 0 Å². The summed E-state index contributed by atoms with van der Waals surface area (Å²) in [5, 5.41) is 2.10. The maximum atomic E-state index is 6.46. The molecule has 1 aromatic carbocycles. The summed E-state index contributed by atoms with van der Waals surface area (Å²) in [5.41, 5.74) is 9.73. The van der Waals surface area contributed by atoms with Crippen molar-refractivity contribution in [2.45, 2.75) is 26.3 Å². The van der Waals surface area contributed by atoms with Crippen LogP contribution in [0, 0.1) is 13.8 Å². The van der Waals surface area contributed by atoms with Crippen molar-refractivity contribution >= 4 is 11.3 Å². The van der Waals surface area contributed by atoms with Crippen molar-refractivity contribution in [3.8, 4) is 0 Å². The Morgan fingerprint density at radius 2 is 1.69 bits per heavy atom. The van der Waals surface area contributed by atoms with E-state index >= 15 is 0 Å². The summed E-state index contributed by atoms with van der Waals surface area (Å²) in [6, 6.07) is 10.6. The standard InChI is InChI=1S/C14H17NS/c1-10-4-6-12(7-5-10)14(3,15)13-8-9-16-11(13)2/h4-9H,15H2,1-3H3. The van der Waals surface area contributed by atoms with Crippen LogP contribution in [0.25, 0.3) is 0 Å². The smallest absolute Gasteiger partial charge is 0.0647 e. The fourth-order valence-corrected chi connectivity index (χ4v) is 2.79. The molecule has 2 heteroatoms. The summed E-state index contributed by atoms with van der Waals surface area (Å²) in [7, 11) is 0. The summed E-state index contributed by atoms with van der Waals surface area (Å²) in [6.45, 7) is 6.29. The zero-order chi connectivity index (χ0) is 11.8. The first-order valence-electron chi connectivity index (χ1n) is 5.42. The van der Waals surface area contributed by atoms with E-state index in [9.17, 15) is 0 Å². The Morgan fingerprint density at radius 3 is 2.19 bits per heavy atom. The lowest BCUT2D eigenvalue weighted by atomic mass is 9.86. The van der Waals surface area contributed by atoms with E-state index in [0.717, 1.165) is 0 Å². The van der Waals surface area contributed by atoms with Gasteiger partial charge in [0.15, 0.2) is 0 Å². The van der Waals surface area contributed by atoms with Gasteiger partial charge in [0.2, 0.25) is 0 Å². The average Bonchev–Trinajstić information content (AvgIpc) is 2.66. The van der Waals surface area contributed by atoms with Gasteiger partial charge in [-0.2, -0.15) is 0 Å². The molecule has 0 saturated heterocycles. The van der Waals surface area contributed by atoms with Gasteiger partial charge >= 0.3 is 0 Å². The van der Waals surface area contributed by atoms with Crippen LogP contribution in [0.5, 0.6) is 0 Å². The van der Waals surface area contributed by atoms with E-state index in [2.05, 4.69) is 56.5 Å². The van der Waals surface area contributed by atoms with Crippen molar-refractivity contribution in [3.05, 3.63) is 57.3 Å². The minimum atomic E-state index is -0.391. The minimum absolute atomic E-state index is 0.391. The van der Waals surface area contributed by atoms with Gasteiger partial charge in [0.05, 0.1) is 5.54 Å². The molecule has 1 aromatic heterocycles. The largest absolute Gasteiger partial charge is 0.318 e. The van der Waals surface area contributed by atoms with Gasteiger partial charge < -0.3 is 5.73 Å². The lowest BCUT2D eigenvalue weighted by molar-refractivity contribution is 0.602.